The minimum atomic E-state index is -2.95. The van der Waals surface area contributed by atoms with E-state index in [0.717, 1.165) is 41.0 Å². The molecule has 1 aliphatic carbocycles. The predicted molar refractivity (Wildman–Crippen MR) is 104 cm³/mol. The van der Waals surface area contributed by atoms with E-state index in [9.17, 15) is 4.57 Å². The SMILES string of the molecule is CC(C)C1CCC(=NP(=O)(c2ccccc2)c2ccccc2)CC1. The zero-order valence-corrected chi connectivity index (χ0v) is 15.5. The van der Waals surface area contributed by atoms with Gasteiger partial charge in [0.2, 0.25) is 7.29 Å². The average Bonchev–Trinajstić information content (AvgIpc) is 2.63. The van der Waals surface area contributed by atoms with E-state index < -0.39 is 7.29 Å². The molecule has 1 fully saturated rings. The summed E-state index contributed by atoms with van der Waals surface area (Å²) in [6.07, 6.45) is 4.29. The Balaban J connectivity index is 1.96. The molecule has 0 bridgehead atoms. The second kappa shape index (κ2) is 7.49. The maximum atomic E-state index is 13.9. The maximum absolute atomic E-state index is 13.9. The number of rotatable bonds is 4. The molecule has 0 radical (unpaired) electrons. The number of hydrogen-bond acceptors (Lipinski definition) is 1. The molecule has 2 aromatic carbocycles. The summed E-state index contributed by atoms with van der Waals surface area (Å²) >= 11 is 0. The third-order valence-corrected chi connectivity index (χ3v) is 7.61. The second-order valence-corrected chi connectivity index (χ2v) is 9.38. The molecule has 3 heteroatoms. The van der Waals surface area contributed by atoms with Crippen molar-refractivity contribution in [2.24, 2.45) is 16.6 Å². The van der Waals surface area contributed by atoms with Gasteiger partial charge in [0.05, 0.1) is 0 Å². The Hall–Kier alpha value is -1.66. The standard InChI is InChI=1S/C21H26NOP/c1-17(2)18-13-15-19(16-14-18)22-24(23,20-9-5-3-6-10-20)21-11-7-4-8-12-21/h3-12,17-18H,13-16H2,1-2H3. The highest BCUT2D eigenvalue weighted by Crippen LogP contribution is 2.46. The van der Waals surface area contributed by atoms with Gasteiger partial charge in [-0.15, -0.1) is 0 Å². The third-order valence-electron chi connectivity index (χ3n) is 5.04. The van der Waals surface area contributed by atoms with Crippen LogP contribution in [0.2, 0.25) is 0 Å². The van der Waals surface area contributed by atoms with E-state index in [1.165, 1.54) is 12.8 Å². The van der Waals surface area contributed by atoms with E-state index in [0.29, 0.717) is 0 Å². The molecule has 0 aromatic heterocycles. The van der Waals surface area contributed by atoms with Crippen LogP contribution in [0.4, 0.5) is 0 Å². The van der Waals surface area contributed by atoms with Gasteiger partial charge in [0.25, 0.3) is 0 Å². The van der Waals surface area contributed by atoms with Crippen LogP contribution in [0.1, 0.15) is 39.5 Å². The van der Waals surface area contributed by atoms with E-state index in [1.54, 1.807) is 0 Å². The Morgan fingerprint density at radius 3 is 1.75 bits per heavy atom. The molecular formula is C21H26NOP. The van der Waals surface area contributed by atoms with Crippen molar-refractivity contribution in [2.75, 3.05) is 0 Å². The molecule has 0 heterocycles. The molecule has 0 atom stereocenters. The van der Waals surface area contributed by atoms with Gasteiger partial charge in [0.1, 0.15) is 0 Å². The van der Waals surface area contributed by atoms with Crippen LogP contribution in [0.5, 0.6) is 0 Å². The molecule has 0 unspecified atom stereocenters. The second-order valence-electron chi connectivity index (χ2n) is 6.99. The smallest absolute Gasteiger partial charge is 0.247 e. The summed E-state index contributed by atoms with van der Waals surface area (Å²) in [5.41, 5.74) is 1.13. The van der Waals surface area contributed by atoms with Gasteiger partial charge in [0, 0.05) is 16.3 Å². The molecule has 2 nitrogen and oxygen atoms in total. The molecule has 0 N–H and O–H groups in total. The Morgan fingerprint density at radius 2 is 1.33 bits per heavy atom. The fourth-order valence-electron chi connectivity index (χ4n) is 3.46. The van der Waals surface area contributed by atoms with E-state index >= 15 is 0 Å². The van der Waals surface area contributed by atoms with Crippen molar-refractivity contribution in [3.63, 3.8) is 0 Å². The summed E-state index contributed by atoms with van der Waals surface area (Å²) in [6.45, 7) is 4.59. The van der Waals surface area contributed by atoms with Crippen molar-refractivity contribution < 1.29 is 4.57 Å². The lowest BCUT2D eigenvalue weighted by molar-refractivity contribution is 0.331. The van der Waals surface area contributed by atoms with Crippen LogP contribution in [-0.2, 0) is 4.57 Å². The highest BCUT2D eigenvalue weighted by molar-refractivity contribution is 7.77. The lowest BCUT2D eigenvalue weighted by atomic mass is 9.81. The van der Waals surface area contributed by atoms with E-state index in [1.807, 2.05) is 60.7 Å². The topological polar surface area (TPSA) is 29.4 Å². The molecule has 24 heavy (non-hydrogen) atoms. The van der Waals surface area contributed by atoms with Gasteiger partial charge in [-0.05, 0) is 61.8 Å². The first kappa shape index (κ1) is 17.2. The first-order valence-electron chi connectivity index (χ1n) is 8.89. The van der Waals surface area contributed by atoms with Crippen LogP contribution < -0.4 is 10.6 Å². The van der Waals surface area contributed by atoms with Crippen LogP contribution in [0.3, 0.4) is 0 Å². The molecule has 126 valence electrons. The zero-order chi connectivity index (χ0) is 17.0. The van der Waals surface area contributed by atoms with Crippen molar-refractivity contribution in [3.8, 4) is 0 Å². The molecule has 2 aromatic rings. The van der Waals surface area contributed by atoms with E-state index in [-0.39, 0.29) is 0 Å². The third kappa shape index (κ3) is 3.70. The van der Waals surface area contributed by atoms with Crippen molar-refractivity contribution in [1.29, 1.82) is 0 Å². The van der Waals surface area contributed by atoms with Gasteiger partial charge in [-0.1, -0.05) is 50.2 Å². The molecule has 0 saturated heterocycles. The molecule has 0 spiro atoms. The van der Waals surface area contributed by atoms with Gasteiger partial charge >= 0.3 is 0 Å². The molecule has 3 rings (SSSR count). The Kier molecular flexibility index (Phi) is 5.36. The number of nitrogens with zero attached hydrogens (tertiary/aromatic N) is 1. The zero-order valence-electron chi connectivity index (χ0n) is 14.6. The maximum Gasteiger partial charge on any atom is 0.247 e. The van der Waals surface area contributed by atoms with Gasteiger partial charge in [0.15, 0.2) is 0 Å². The monoisotopic (exact) mass is 339 g/mol. The largest absolute Gasteiger partial charge is 0.288 e. The summed E-state index contributed by atoms with van der Waals surface area (Å²) < 4.78 is 18.8. The number of hydrogen-bond donors (Lipinski definition) is 0. The molecule has 0 amide bonds. The molecular weight excluding hydrogens is 313 g/mol. The quantitative estimate of drug-likeness (QED) is 0.704. The number of benzene rings is 2. The minimum Gasteiger partial charge on any atom is -0.288 e. The lowest BCUT2D eigenvalue weighted by Gasteiger charge is -2.27. The van der Waals surface area contributed by atoms with E-state index in [4.69, 9.17) is 4.76 Å². The summed E-state index contributed by atoms with van der Waals surface area (Å²) in [5, 5.41) is 1.66. The Bertz CT molecular complexity index is 683. The first-order valence-corrected chi connectivity index (χ1v) is 10.5. The fourth-order valence-corrected chi connectivity index (χ4v) is 5.74. The lowest BCUT2D eigenvalue weighted by Crippen LogP contribution is -2.20. The van der Waals surface area contributed by atoms with E-state index in [2.05, 4.69) is 13.8 Å². The summed E-state index contributed by atoms with van der Waals surface area (Å²) in [4.78, 5) is 0. The Morgan fingerprint density at radius 1 is 0.875 bits per heavy atom. The summed E-state index contributed by atoms with van der Waals surface area (Å²) in [5.74, 6) is 1.50. The highest BCUT2D eigenvalue weighted by Gasteiger charge is 2.28. The van der Waals surface area contributed by atoms with Crippen LogP contribution in [0.25, 0.3) is 0 Å². The van der Waals surface area contributed by atoms with Gasteiger partial charge in [-0.25, -0.2) is 4.76 Å². The fraction of sp³-hybridized carbons (Fsp3) is 0.381. The van der Waals surface area contributed by atoms with Crippen LogP contribution in [0, 0.1) is 11.8 Å². The van der Waals surface area contributed by atoms with Crippen molar-refractivity contribution in [1.82, 2.24) is 0 Å². The molecule has 0 aliphatic heterocycles. The predicted octanol–water partition coefficient (Wildman–Crippen LogP) is 5.20. The summed E-state index contributed by atoms with van der Waals surface area (Å²) in [7, 11) is -2.95. The van der Waals surface area contributed by atoms with Crippen molar-refractivity contribution in [2.45, 2.75) is 39.5 Å². The van der Waals surface area contributed by atoms with Crippen LogP contribution in [0.15, 0.2) is 65.4 Å². The molecule has 1 aliphatic rings. The highest BCUT2D eigenvalue weighted by atomic mass is 31.2. The first-order chi connectivity index (χ1) is 11.6. The van der Waals surface area contributed by atoms with Crippen LogP contribution in [-0.4, -0.2) is 5.71 Å². The van der Waals surface area contributed by atoms with Crippen molar-refractivity contribution >= 4 is 23.6 Å². The van der Waals surface area contributed by atoms with Crippen LogP contribution >= 0.6 is 7.29 Å². The Labute approximate surface area is 145 Å². The minimum absolute atomic E-state index is 0.724. The average molecular weight is 339 g/mol. The normalized spacial score (nSPS) is 18.6. The van der Waals surface area contributed by atoms with Gasteiger partial charge < -0.3 is 0 Å². The van der Waals surface area contributed by atoms with Crippen molar-refractivity contribution in [3.05, 3.63) is 60.7 Å². The van der Waals surface area contributed by atoms with Gasteiger partial charge in [-0.2, -0.15) is 0 Å². The molecule has 1 saturated carbocycles. The summed E-state index contributed by atoms with van der Waals surface area (Å²) in [6, 6.07) is 19.5. The van der Waals surface area contributed by atoms with Gasteiger partial charge in [-0.3, -0.25) is 4.57 Å².